The number of nitrogens with one attached hydrogen (secondary N) is 1. The topological polar surface area (TPSA) is 101 Å². The number of aryl methyl sites for hydroxylation is 1. The summed E-state index contributed by atoms with van der Waals surface area (Å²) >= 11 is 0. The van der Waals surface area contributed by atoms with Gasteiger partial charge in [0, 0.05) is 24.9 Å². The Balaban J connectivity index is 1.78. The van der Waals surface area contributed by atoms with Gasteiger partial charge in [0.05, 0.1) is 17.5 Å². The summed E-state index contributed by atoms with van der Waals surface area (Å²) in [6.45, 7) is 0. The molecule has 1 atom stereocenters. The number of benzene rings is 2. The van der Waals surface area contributed by atoms with Gasteiger partial charge in [-0.15, -0.1) is 0 Å². The van der Waals surface area contributed by atoms with Crippen LogP contribution in [0.3, 0.4) is 0 Å². The maximum Gasteiger partial charge on any atom is 0.303 e. The van der Waals surface area contributed by atoms with E-state index in [9.17, 15) is 14.4 Å². The molecule has 0 aliphatic carbocycles. The van der Waals surface area contributed by atoms with E-state index in [1.807, 2.05) is 30.3 Å². The zero-order chi connectivity index (χ0) is 20.8. The number of fused-ring (bicyclic) bond motifs is 1. The molecule has 0 aliphatic rings. The molecule has 1 aromatic heterocycles. The maximum absolute atomic E-state index is 12.7. The molecule has 150 valence electrons. The van der Waals surface area contributed by atoms with Crippen LogP contribution in [0.2, 0.25) is 0 Å². The second-order valence-corrected chi connectivity index (χ2v) is 6.98. The normalized spacial score (nSPS) is 11.9. The van der Waals surface area contributed by atoms with Crippen LogP contribution in [0.4, 0.5) is 0 Å². The van der Waals surface area contributed by atoms with Gasteiger partial charge in [0.1, 0.15) is 0 Å². The molecule has 7 nitrogen and oxygen atoms in total. The van der Waals surface area contributed by atoms with Crippen molar-refractivity contribution in [1.82, 2.24) is 15.1 Å². The molecule has 2 N–H and O–H groups in total. The summed E-state index contributed by atoms with van der Waals surface area (Å²) in [7, 11) is 1.56. The molecule has 29 heavy (non-hydrogen) atoms. The highest BCUT2D eigenvalue weighted by atomic mass is 16.4. The van der Waals surface area contributed by atoms with Crippen LogP contribution in [0, 0.1) is 0 Å². The lowest BCUT2D eigenvalue weighted by atomic mass is 10.0. The summed E-state index contributed by atoms with van der Waals surface area (Å²) in [5.74, 6) is -1.16. The standard InChI is InChI=1S/C22H23N3O4/c1-25-22(29)18-10-6-5-9-17(18)19(24-25)14-20(26)23-16(11-12-21(27)28)13-15-7-3-2-4-8-15/h2-10,16H,11-14H2,1H3,(H,23,26)(H,27,28). The van der Waals surface area contributed by atoms with E-state index in [2.05, 4.69) is 10.4 Å². The SMILES string of the molecule is Cn1nc(CC(=O)NC(CCC(=O)O)Cc2ccccc2)c2ccccc2c1=O. The monoisotopic (exact) mass is 393 g/mol. The van der Waals surface area contributed by atoms with Crippen LogP contribution in [-0.2, 0) is 29.5 Å². The molecule has 0 bridgehead atoms. The fourth-order valence-corrected chi connectivity index (χ4v) is 3.36. The van der Waals surface area contributed by atoms with Crippen LogP contribution < -0.4 is 10.9 Å². The number of nitrogens with zero attached hydrogens (tertiary/aromatic N) is 2. The van der Waals surface area contributed by atoms with Gasteiger partial charge in [-0.3, -0.25) is 14.4 Å². The predicted molar refractivity (Wildman–Crippen MR) is 110 cm³/mol. The van der Waals surface area contributed by atoms with Crippen molar-refractivity contribution in [2.45, 2.75) is 31.7 Å². The molecular weight excluding hydrogens is 370 g/mol. The smallest absolute Gasteiger partial charge is 0.303 e. The Kier molecular flexibility index (Phi) is 6.39. The number of hydrogen-bond acceptors (Lipinski definition) is 4. The molecule has 1 unspecified atom stereocenters. The fourth-order valence-electron chi connectivity index (χ4n) is 3.36. The molecule has 0 radical (unpaired) electrons. The Morgan fingerprint density at radius 3 is 2.41 bits per heavy atom. The van der Waals surface area contributed by atoms with E-state index in [-0.39, 0.29) is 30.3 Å². The number of aromatic nitrogens is 2. The summed E-state index contributed by atoms with van der Waals surface area (Å²) in [6, 6.07) is 16.4. The molecule has 0 saturated carbocycles. The van der Waals surface area contributed by atoms with Crippen molar-refractivity contribution in [3.05, 3.63) is 76.2 Å². The molecule has 1 heterocycles. The van der Waals surface area contributed by atoms with Gasteiger partial charge in [0.25, 0.3) is 5.56 Å². The third-order valence-corrected chi connectivity index (χ3v) is 4.76. The molecule has 0 saturated heterocycles. The summed E-state index contributed by atoms with van der Waals surface area (Å²) in [6.07, 6.45) is 0.852. The minimum absolute atomic E-state index is 0.00694. The first-order valence-corrected chi connectivity index (χ1v) is 9.44. The van der Waals surface area contributed by atoms with Crippen molar-refractivity contribution in [2.75, 3.05) is 0 Å². The summed E-state index contributed by atoms with van der Waals surface area (Å²) in [5, 5.41) is 17.4. The fraction of sp³-hybridized carbons (Fsp3) is 0.273. The Morgan fingerprint density at radius 2 is 1.72 bits per heavy atom. The second kappa shape index (κ2) is 9.14. The molecule has 3 aromatic rings. The average molecular weight is 393 g/mol. The zero-order valence-corrected chi connectivity index (χ0v) is 16.2. The van der Waals surface area contributed by atoms with Crippen LogP contribution in [0.5, 0.6) is 0 Å². The predicted octanol–water partition coefficient (Wildman–Crippen LogP) is 2.07. The highest BCUT2D eigenvalue weighted by Crippen LogP contribution is 2.14. The van der Waals surface area contributed by atoms with Crippen molar-refractivity contribution in [1.29, 1.82) is 0 Å². The molecule has 0 fully saturated rings. The Morgan fingerprint density at radius 1 is 1.07 bits per heavy atom. The van der Waals surface area contributed by atoms with Crippen molar-refractivity contribution < 1.29 is 14.7 Å². The minimum atomic E-state index is -0.900. The lowest BCUT2D eigenvalue weighted by Gasteiger charge is -2.18. The molecule has 3 rings (SSSR count). The van der Waals surface area contributed by atoms with E-state index in [1.165, 1.54) is 4.68 Å². The van der Waals surface area contributed by atoms with Crippen molar-refractivity contribution in [3.63, 3.8) is 0 Å². The van der Waals surface area contributed by atoms with Gasteiger partial charge in [-0.1, -0.05) is 48.5 Å². The quantitative estimate of drug-likeness (QED) is 0.610. The van der Waals surface area contributed by atoms with E-state index in [1.54, 1.807) is 31.3 Å². The van der Waals surface area contributed by atoms with Crippen molar-refractivity contribution >= 4 is 22.6 Å². The lowest BCUT2D eigenvalue weighted by molar-refractivity contribution is -0.137. The van der Waals surface area contributed by atoms with Crippen molar-refractivity contribution in [3.8, 4) is 0 Å². The third-order valence-electron chi connectivity index (χ3n) is 4.76. The molecule has 7 heteroatoms. The Labute approximate surface area is 168 Å². The lowest BCUT2D eigenvalue weighted by Crippen LogP contribution is -2.38. The van der Waals surface area contributed by atoms with E-state index in [0.29, 0.717) is 29.3 Å². The van der Waals surface area contributed by atoms with Gasteiger partial charge in [-0.25, -0.2) is 4.68 Å². The largest absolute Gasteiger partial charge is 0.481 e. The summed E-state index contributed by atoms with van der Waals surface area (Å²) in [4.78, 5) is 35.9. The summed E-state index contributed by atoms with van der Waals surface area (Å²) in [5.41, 5.74) is 1.32. The van der Waals surface area contributed by atoms with Crippen LogP contribution in [0.25, 0.3) is 10.8 Å². The van der Waals surface area contributed by atoms with E-state index < -0.39 is 5.97 Å². The number of hydrogen-bond donors (Lipinski definition) is 2. The third kappa shape index (κ3) is 5.28. The molecule has 1 amide bonds. The van der Waals surface area contributed by atoms with E-state index >= 15 is 0 Å². The zero-order valence-electron chi connectivity index (χ0n) is 16.2. The summed E-state index contributed by atoms with van der Waals surface area (Å²) < 4.78 is 1.23. The second-order valence-electron chi connectivity index (χ2n) is 6.98. The van der Waals surface area contributed by atoms with Crippen LogP contribution in [-0.4, -0.2) is 32.8 Å². The molecule has 0 spiro atoms. The first kappa shape index (κ1) is 20.3. The first-order chi connectivity index (χ1) is 13.9. The first-order valence-electron chi connectivity index (χ1n) is 9.44. The average Bonchev–Trinajstić information content (AvgIpc) is 2.71. The number of aliphatic carboxylic acids is 1. The maximum atomic E-state index is 12.7. The van der Waals surface area contributed by atoms with Crippen LogP contribution >= 0.6 is 0 Å². The van der Waals surface area contributed by atoms with Crippen LogP contribution in [0.1, 0.15) is 24.1 Å². The highest BCUT2D eigenvalue weighted by molar-refractivity contribution is 5.88. The number of carboxylic acid groups (broad SMARTS) is 1. The van der Waals surface area contributed by atoms with Gasteiger partial charge >= 0.3 is 5.97 Å². The van der Waals surface area contributed by atoms with E-state index in [4.69, 9.17) is 5.11 Å². The molecule has 0 aliphatic heterocycles. The number of carboxylic acids is 1. The van der Waals surface area contributed by atoms with E-state index in [0.717, 1.165) is 5.56 Å². The van der Waals surface area contributed by atoms with Crippen LogP contribution in [0.15, 0.2) is 59.4 Å². The Hall–Kier alpha value is -3.48. The van der Waals surface area contributed by atoms with Gasteiger partial charge in [0.2, 0.25) is 5.91 Å². The number of carbonyl (C=O) groups is 2. The van der Waals surface area contributed by atoms with Crippen molar-refractivity contribution in [2.24, 2.45) is 7.05 Å². The van der Waals surface area contributed by atoms with Gasteiger partial charge in [-0.05, 0) is 24.5 Å². The molecule has 2 aromatic carbocycles. The number of amides is 1. The van der Waals surface area contributed by atoms with Gasteiger partial charge in [-0.2, -0.15) is 5.10 Å². The number of carbonyl (C=O) groups excluding carboxylic acids is 1. The molecular formula is C22H23N3O4. The van der Waals surface area contributed by atoms with Gasteiger partial charge < -0.3 is 10.4 Å². The number of rotatable bonds is 8. The van der Waals surface area contributed by atoms with Gasteiger partial charge in [0.15, 0.2) is 0 Å². The minimum Gasteiger partial charge on any atom is -0.481 e. The Bertz CT molecular complexity index is 1080. The highest BCUT2D eigenvalue weighted by Gasteiger charge is 2.17.